The van der Waals surface area contributed by atoms with Crippen molar-refractivity contribution < 1.29 is 0 Å². The standard InChI is InChI=1S/C18H29N3.ClH/c1-2-4-17(5-3-1)15-21-12-8-18(9-13-21)20-14-16-6-10-19-11-7-16;/h1-5,16,18-20H,6-15H2;1H. The van der Waals surface area contributed by atoms with Crippen LogP contribution in [0, 0.1) is 5.92 Å². The number of nitrogens with one attached hydrogen (secondary N) is 2. The number of piperidine rings is 2. The quantitative estimate of drug-likeness (QED) is 0.872. The number of hydrogen-bond donors (Lipinski definition) is 2. The van der Waals surface area contributed by atoms with Gasteiger partial charge in [-0.3, -0.25) is 4.90 Å². The lowest BCUT2D eigenvalue weighted by Gasteiger charge is -2.33. The second-order valence-electron chi connectivity index (χ2n) is 6.64. The van der Waals surface area contributed by atoms with E-state index >= 15 is 0 Å². The molecule has 3 nitrogen and oxygen atoms in total. The van der Waals surface area contributed by atoms with Gasteiger partial charge in [-0.15, -0.1) is 12.4 Å². The molecule has 4 heteroatoms. The Kier molecular flexibility index (Phi) is 7.67. The van der Waals surface area contributed by atoms with Crippen LogP contribution in [0.15, 0.2) is 30.3 Å². The van der Waals surface area contributed by atoms with E-state index in [4.69, 9.17) is 0 Å². The van der Waals surface area contributed by atoms with Gasteiger partial charge in [0.2, 0.25) is 0 Å². The monoisotopic (exact) mass is 323 g/mol. The summed E-state index contributed by atoms with van der Waals surface area (Å²) < 4.78 is 0. The van der Waals surface area contributed by atoms with Crippen LogP contribution in [-0.4, -0.2) is 43.7 Å². The van der Waals surface area contributed by atoms with Gasteiger partial charge >= 0.3 is 0 Å². The van der Waals surface area contributed by atoms with Gasteiger partial charge in [0, 0.05) is 12.6 Å². The van der Waals surface area contributed by atoms with Crippen molar-refractivity contribution in [3.8, 4) is 0 Å². The minimum absolute atomic E-state index is 0. The molecule has 2 heterocycles. The summed E-state index contributed by atoms with van der Waals surface area (Å²) in [6.45, 7) is 7.23. The number of nitrogens with zero attached hydrogens (tertiary/aromatic N) is 1. The summed E-state index contributed by atoms with van der Waals surface area (Å²) in [7, 11) is 0. The van der Waals surface area contributed by atoms with Gasteiger partial charge in [0.1, 0.15) is 0 Å². The molecule has 124 valence electrons. The van der Waals surface area contributed by atoms with Gasteiger partial charge in [0.15, 0.2) is 0 Å². The van der Waals surface area contributed by atoms with Gasteiger partial charge in [0.25, 0.3) is 0 Å². The Bertz CT molecular complexity index is 398. The summed E-state index contributed by atoms with van der Waals surface area (Å²) in [4.78, 5) is 2.60. The van der Waals surface area contributed by atoms with E-state index in [2.05, 4.69) is 45.9 Å². The molecule has 0 bridgehead atoms. The predicted octanol–water partition coefficient (Wildman–Crippen LogP) is 2.66. The molecule has 3 rings (SSSR count). The molecule has 2 fully saturated rings. The molecule has 0 spiro atoms. The Morgan fingerprint density at radius 2 is 1.68 bits per heavy atom. The van der Waals surface area contributed by atoms with Crippen LogP contribution in [0.5, 0.6) is 0 Å². The number of rotatable bonds is 5. The van der Waals surface area contributed by atoms with E-state index in [0.717, 1.165) is 18.5 Å². The highest BCUT2D eigenvalue weighted by molar-refractivity contribution is 5.85. The predicted molar refractivity (Wildman–Crippen MR) is 95.6 cm³/mol. The van der Waals surface area contributed by atoms with E-state index < -0.39 is 0 Å². The number of likely N-dealkylation sites (tertiary alicyclic amines) is 1. The summed E-state index contributed by atoms with van der Waals surface area (Å²) in [5.74, 6) is 0.897. The third kappa shape index (κ3) is 5.54. The Hall–Kier alpha value is -0.610. The number of hydrogen-bond acceptors (Lipinski definition) is 3. The molecular formula is C18H30ClN3. The molecule has 0 aliphatic carbocycles. The molecular weight excluding hydrogens is 294 g/mol. The molecule has 22 heavy (non-hydrogen) atoms. The third-order valence-electron chi connectivity index (χ3n) is 4.99. The fraction of sp³-hybridized carbons (Fsp3) is 0.667. The lowest BCUT2D eigenvalue weighted by atomic mass is 9.96. The van der Waals surface area contributed by atoms with E-state index in [9.17, 15) is 0 Å². The molecule has 1 aromatic rings. The van der Waals surface area contributed by atoms with Crippen LogP contribution in [0.3, 0.4) is 0 Å². The summed E-state index contributed by atoms with van der Waals surface area (Å²) >= 11 is 0. The second kappa shape index (κ2) is 9.51. The van der Waals surface area contributed by atoms with Gasteiger partial charge in [0.05, 0.1) is 0 Å². The molecule has 0 saturated carbocycles. The highest BCUT2D eigenvalue weighted by Crippen LogP contribution is 2.15. The van der Waals surface area contributed by atoms with Crippen LogP contribution in [0.4, 0.5) is 0 Å². The van der Waals surface area contributed by atoms with Gasteiger partial charge in [-0.1, -0.05) is 30.3 Å². The summed E-state index contributed by atoms with van der Waals surface area (Å²) in [6.07, 6.45) is 5.30. The maximum Gasteiger partial charge on any atom is 0.0233 e. The molecule has 1 aromatic carbocycles. The molecule has 0 atom stereocenters. The van der Waals surface area contributed by atoms with Crippen LogP contribution in [-0.2, 0) is 6.54 Å². The molecule has 0 unspecified atom stereocenters. The first-order chi connectivity index (χ1) is 10.4. The van der Waals surface area contributed by atoms with Crippen molar-refractivity contribution in [2.24, 2.45) is 5.92 Å². The molecule has 2 aliphatic rings. The Balaban J connectivity index is 0.00000176. The summed E-state index contributed by atoms with van der Waals surface area (Å²) in [5, 5.41) is 7.27. The molecule has 2 saturated heterocycles. The minimum Gasteiger partial charge on any atom is -0.317 e. The summed E-state index contributed by atoms with van der Waals surface area (Å²) in [6, 6.07) is 11.6. The molecule has 0 amide bonds. The highest BCUT2D eigenvalue weighted by atomic mass is 35.5. The van der Waals surface area contributed by atoms with Crippen molar-refractivity contribution in [1.82, 2.24) is 15.5 Å². The van der Waals surface area contributed by atoms with Crippen LogP contribution < -0.4 is 10.6 Å². The lowest BCUT2D eigenvalue weighted by molar-refractivity contribution is 0.185. The fourth-order valence-corrected chi connectivity index (χ4v) is 3.56. The maximum atomic E-state index is 3.82. The molecule has 2 aliphatic heterocycles. The molecule has 0 aromatic heterocycles. The van der Waals surface area contributed by atoms with E-state index in [1.807, 2.05) is 0 Å². The van der Waals surface area contributed by atoms with Crippen molar-refractivity contribution in [3.63, 3.8) is 0 Å². The zero-order valence-electron chi connectivity index (χ0n) is 13.5. The average Bonchev–Trinajstić information content (AvgIpc) is 2.56. The Morgan fingerprint density at radius 3 is 2.36 bits per heavy atom. The van der Waals surface area contributed by atoms with E-state index in [1.54, 1.807) is 0 Å². The van der Waals surface area contributed by atoms with Crippen molar-refractivity contribution in [2.75, 3.05) is 32.7 Å². The SMILES string of the molecule is Cl.c1ccc(CN2CCC(NCC3CCNCC3)CC2)cc1. The van der Waals surface area contributed by atoms with E-state index in [0.29, 0.717) is 0 Å². The normalized spacial score (nSPS) is 21.5. The average molecular weight is 324 g/mol. The minimum atomic E-state index is 0. The zero-order valence-corrected chi connectivity index (χ0v) is 14.3. The first-order valence-corrected chi connectivity index (χ1v) is 8.60. The smallest absolute Gasteiger partial charge is 0.0233 e. The molecule has 2 N–H and O–H groups in total. The molecule has 0 radical (unpaired) electrons. The largest absolute Gasteiger partial charge is 0.317 e. The van der Waals surface area contributed by atoms with Crippen LogP contribution in [0.2, 0.25) is 0 Å². The number of benzene rings is 1. The van der Waals surface area contributed by atoms with E-state index in [1.165, 1.54) is 64.0 Å². The highest BCUT2D eigenvalue weighted by Gasteiger charge is 2.20. The van der Waals surface area contributed by atoms with Crippen molar-refractivity contribution >= 4 is 12.4 Å². The summed E-state index contributed by atoms with van der Waals surface area (Å²) in [5.41, 5.74) is 1.44. The number of halogens is 1. The fourth-order valence-electron chi connectivity index (χ4n) is 3.56. The zero-order chi connectivity index (χ0) is 14.3. The van der Waals surface area contributed by atoms with Gasteiger partial charge in [-0.2, -0.15) is 0 Å². The topological polar surface area (TPSA) is 27.3 Å². The van der Waals surface area contributed by atoms with Crippen LogP contribution >= 0.6 is 12.4 Å². The van der Waals surface area contributed by atoms with Crippen molar-refractivity contribution in [3.05, 3.63) is 35.9 Å². The second-order valence-corrected chi connectivity index (χ2v) is 6.64. The van der Waals surface area contributed by atoms with Crippen LogP contribution in [0.25, 0.3) is 0 Å². The van der Waals surface area contributed by atoms with Crippen molar-refractivity contribution in [1.29, 1.82) is 0 Å². The van der Waals surface area contributed by atoms with Crippen molar-refractivity contribution in [2.45, 2.75) is 38.3 Å². The van der Waals surface area contributed by atoms with Gasteiger partial charge in [-0.05, 0) is 69.9 Å². The lowest BCUT2D eigenvalue weighted by Crippen LogP contribution is -2.44. The first kappa shape index (κ1) is 17.7. The van der Waals surface area contributed by atoms with Gasteiger partial charge in [-0.25, -0.2) is 0 Å². The van der Waals surface area contributed by atoms with Crippen LogP contribution in [0.1, 0.15) is 31.2 Å². The van der Waals surface area contributed by atoms with Gasteiger partial charge < -0.3 is 10.6 Å². The Labute approximate surface area is 141 Å². The first-order valence-electron chi connectivity index (χ1n) is 8.60. The maximum absolute atomic E-state index is 3.82. The Morgan fingerprint density at radius 1 is 1.00 bits per heavy atom. The third-order valence-corrected chi connectivity index (χ3v) is 4.99. The van der Waals surface area contributed by atoms with E-state index in [-0.39, 0.29) is 12.4 Å².